The summed E-state index contributed by atoms with van der Waals surface area (Å²) in [4.78, 5) is 16.1. The Labute approximate surface area is 133 Å². The van der Waals surface area contributed by atoms with Crippen molar-refractivity contribution in [2.24, 2.45) is 0 Å². The molecule has 20 heavy (non-hydrogen) atoms. The van der Waals surface area contributed by atoms with Gasteiger partial charge in [-0.25, -0.2) is 9.37 Å². The summed E-state index contributed by atoms with van der Waals surface area (Å²) in [6.45, 7) is 1.68. The van der Waals surface area contributed by atoms with Crippen LogP contribution in [-0.4, -0.2) is 10.9 Å². The summed E-state index contributed by atoms with van der Waals surface area (Å²) >= 11 is 14.9. The second kappa shape index (κ2) is 6.08. The maximum absolute atomic E-state index is 13.7. The van der Waals surface area contributed by atoms with Crippen LogP contribution in [0.4, 0.5) is 10.2 Å². The number of anilines is 1. The van der Waals surface area contributed by atoms with Crippen LogP contribution in [0, 0.1) is 12.7 Å². The number of amides is 1. The predicted octanol–water partition coefficient (Wildman–Crippen LogP) is 4.85. The highest BCUT2D eigenvalue weighted by molar-refractivity contribution is 9.10. The molecule has 0 aliphatic carbocycles. The Balaban J connectivity index is 2.30. The maximum Gasteiger partial charge on any atom is 0.259 e. The molecule has 2 rings (SSSR count). The monoisotopic (exact) mass is 376 g/mol. The Morgan fingerprint density at radius 1 is 1.30 bits per heavy atom. The summed E-state index contributed by atoms with van der Waals surface area (Å²) in [5.41, 5.74) is 0.418. The van der Waals surface area contributed by atoms with Gasteiger partial charge in [0, 0.05) is 4.47 Å². The molecule has 0 spiro atoms. The van der Waals surface area contributed by atoms with E-state index in [2.05, 4.69) is 26.2 Å². The van der Waals surface area contributed by atoms with Crippen LogP contribution in [0.3, 0.4) is 0 Å². The van der Waals surface area contributed by atoms with Crippen LogP contribution in [0.15, 0.2) is 28.7 Å². The minimum absolute atomic E-state index is 0.0985. The van der Waals surface area contributed by atoms with E-state index in [0.29, 0.717) is 15.2 Å². The van der Waals surface area contributed by atoms with Gasteiger partial charge in [0.1, 0.15) is 5.82 Å². The fourth-order valence-electron chi connectivity index (χ4n) is 1.49. The number of benzene rings is 1. The van der Waals surface area contributed by atoms with E-state index >= 15 is 0 Å². The van der Waals surface area contributed by atoms with Crippen LogP contribution in [0.2, 0.25) is 10.0 Å². The van der Waals surface area contributed by atoms with E-state index in [4.69, 9.17) is 23.2 Å². The van der Waals surface area contributed by atoms with Gasteiger partial charge in [0.25, 0.3) is 5.91 Å². The molecule has 0 radical (unpaired) electrons. The van der Waals surface area contributed by atoms with Crippen molar-refractivity contribution >= 4 is 50.9 Å². The van der Waals surface area contributed by atoms with Gasteiger partial charge in [-0.1, -0.05) is 39.1 Å². The number of hydrogen-bond donors (Lipinski definition) is 1. The SMILES string of the molecule is Cc1nc(NC(=O)c2ccc(Br)cc2F)c(Cl)cc1Cl. The molecule has 1 aromatic heterocycles. The zero-order valence-corrected chi connectivity index (χ0v) is 13.3. The fourth-order valence-corrected chi connectivity index (χ4v) is 2.23. The van der Waals surface area contributed by atoms with Crippen LogP contribution in [0.5, 0.6) is 0 Å². The average molecular weight is 378 g/mol. The van der Waals surface area contributed by atoms with Crippen LogP contribution in [-0.2, 0) is 0 Å². The van der Waals surface area contributed by atoms with Crippen molar-refractivity contribution in [3.8, 4) is 0 Å². The molecule has 7 heteroatoms. The van der Waals surface area contributed by atoms with Crippen LogP contribution in [0.1, 0.15) is 16.1 Å². The van der Waals surface area contributed by atoms with E-state index < -0.39 is 11.7 Å². The quantitative estimate of drug-likeness (QED) is 0.812. The van der Waals surface area contributed by atoms with Gasteiger partial charge in [0.05, 0.1) is 21.3 Å². The first-order valence-corrected chi connectivity index (χ1v) is 7.02. The minimum Gasteiger partial charge on any atom is -0.305 e. The Morgan fingerprint density at radius 3 is 2.65 bits per heavy atom. The first kappa shape index (κ1) is 15.2. The smallest absolute Gasteiger partial charge is 0.259 e. The molecule has 0 saturated carbocycles. The molecule has 1 amide bonds. The molecule has 1 aromatic carbocycles. The number of halogens is 4. The lowest BCUT2D eigenvalue weighted by Crippen LogP contribution is -2.15. The maximum atomic E-state index is 13.7. The molecular weight excluding hydrogens is 370 g/mol. The van der Waals surface area contributed by atoms with Crippen molar-refractivity contribution in [1.29, 1.82) is 0 Å². The van der Waals surface area contributed by atoms with Crippen molar-refractivity contribution in [2.75, 3.05) is 5.32 Å². The molecule has 1 N–H and O–H groups in total. The van der Waals surface area contributed by atoms with Gasteiger partial charge < -0.3 is 5.32 Å². The number of aromatic nitrogens is 1. The Hall–Kier alpha value is -1.17. The second-order valence-corrected chi connectivity index (χ2v) is 5.69. The van der Waals surface area contributed by atoms with Gasteiger partial charge in [-0.3, -0.25) is 4.79 Å². The van der Waals surface area contributed by atoms with Crippen molar-refractivity contribution in [1.82, 2.24) is 4.98 Å². The van der Waals surface area contributed by atoms with E-state index in [9.17, 15) is 9.18 Å². The topological polar surface area (TPSA) is 42.0 Å². The number of nitrogens with zero attached hydrogens (tertiary/aromatic N) is 1. The molecule has 0 aliphatic rings. The highest BCUT2D eigenvalue weighted by Crippen LogP contribution is 2.26. The highest BCUT2D eigenvalue weighted by atomic mass is 79.9. The number of pyridine rings is 1. The number of nitrogens with one attached hydrogen (secondary N) is 1. The molecule has 0 saturated heterocycles. The zero-order valence-electron chi connectivity index (χ0n) is 10.2. The molecule has 0 atom stereocenters. The Bertz CT molecular complexity index is 694. The number of carbonyl (C=O) groups excluding carboxylic acids is 1. The van der Waals surface area contributed by atoms with E-state index in [1.165, 1.54) is 18.2 Å². The summed E-state index contributed by atoms with van der Waals surface area (Å²) in [5.74, 6) is -1.13. The highest BCUT2D eigenvalue weighted by Gasteiger charge is 2.15. The molecule has 3 nitrogen and oxygen atoms in total. The number of carbonyl (C=O) groups is 1. The molecule has 2 aromatic rings. The fraction of sp³-hybridized carbons (Fsp3) is 0.0769. The molecule has 0 unspecified atom stereocenters. The first-order chi connectivity index (χ1) is 9.38. The lowest BCUT2D eigenvalue weighted by molar-refractivity contribution is 0.102. The largest absolute Gasteiger partial charge is 0.305 e. The minimum atomic E-state index is -0.640. The Morgan fingerprint density at radius 2 is 2.00 bits per heavy atom. The van der Waals surface area contributed by atoms with Gasteiger partial charge >= 0.3 is 0 Å². The second-order valence-electron chi connectivity index (χ2n) is 3.96. The molecular formula is C13H8BrCl2FN2O. The summed E-state index contributed by atoms with van der Waals surface area (Å²) in [6.07, 6.45) is 0. The molecule has 1 heterocycles. The third-order valence-corrected chi connectivity index (χ3v) is 3.68. The van der Waals surface area contributed by atoms with Gasteiger partial charge in [0.2, 0.25) is 0 Å². The van der Waals surface area contributed by atoms with Gasteiger partial charge in [-0.15, -0.1) is 0 Å². The summed E-state index contributed by atoms with van der Waals surface area (Å²) < 4.78 is 14.2. The zero-order chi connectivity index (χ0) is 14.9. The van der Waals surface area contributed by atoms with Gasteiger partial charge in [-0.05, 0) is 31.2 Å². The average Bonchev–Trinajstić information content (AvgIpc) is 2.35. The van der Waals surface area contributed by atoms with Crippen molar-refractivity contribution in [3.05, 3.63) is 55.9 Å². The van der Waals surface area contributed by atoms with Crippen LogP contribution >= 0.6 is 39.1 Å². The van der Waals surface area contributed by atoms with E-state index in [1.807, 2.05) is 0 Å². The normalized spacial score (nSPS) is 10.4. The van der Waals surface area contributed by atoms with E-state index in [1.54, 1.807) is 13.0 Å². The Kier molecular flexibility index (Phi) is 4.62. The van der Waals surface area contributed by atoms with Crippen molar-refractivity contribution < 1.29 is 9.18 Å². The van der Waals surface area contributed by atoms with Crippen LogP contribution in [0.25, 0.3) is 0 Å². The van der Waals surface area contributed by atoms with Crippen LogP contribution < -0.4 is 5.32 Å². The molecule has 104 valence electrons. The molecule has 0 bridgehead atoms. The number of aryl methyl sites for hydroxylation is 1. The molecule has 0 aliphatic heterocycles. The van der Waals surface area contributed by atoms with E-state index in [-0.39, 0.29) is 16.4 Å². The summed E-state index contributed by atoms with van der Waals surface area (Å²) in [5, 5.41) is 3.04. The van der Waals surface area contributed by atoms with Crippen molar-refractivity contribution in [2.45, 2.75) is 6.92 Å². The standard InChI is InChI=1S/C13H8BrCl2FN2O/c1-6-9(15)5-10(16)12(18-6)19-13(20)8-3-2-7(14)4-11(8)17/h2-5H,1H3,(H,18,19,20). The van der Waals surface area contributed by atoms with E-state index in [0.717, 1.165) is 0 Å². The summed E-state index contributed by atoms with van der Waals surface area (Å²) in [6, 6.07) is 5.61. The third-order valence-electron chi connectivity index (χ3n) is 2.51. The number of hydrogen-bond acceptors (Lipinski definition) is 2. The number of rotatable bonds is 2. The summed E-state index contributed by atoms with van der Waals surface area (Å²) in [7, 11) is 0. The lowest BCUT2D eigenvalue weighted by Gasteiger charge is -2.09. The van der Waals surface area contributed by atoms with Gasteiger partial charge in [-0.2, -0.15) is 0 Å². The van der Waals surface area contributed by atoms with Gasteiger partial charge in [0.15, 0.2) is 5.82 Å². The van der Waals surface area contributed by atoms with Crippen molar-refractivity contribution in [3.63, 3.8) is 0 Å². The first-order valence-electron chi connectivity index (χ1n) is 5.47. The lowest BCUT2D eigenvalue weighted by atomic mass is 10.2. The third kappa shape index (κ3) is 3.29. The predicted molar refractivity (Wildman–Crippen MR) is 81.0 cm³/mol. The molecule has 0 fully saturated rings.